The van der Waals surface area contributed by atoms with Crippen LogP contribution in [-0.2, 0) is 20.0 Å². The number of fused-ring (bicyclic) bond motifs is 4. The average Bonchev–Trinajstić information content (AvgIpc) is 3.51. The largest absolute Gasteiger partial charge is 0.454 e. The van der Waals surface area contributed by atoms with Crippen LogP contribution in [0.4, 0.5) is 0 Å². The minimum absolute atomic E-state index is 0.145. The van der Waals surface area contributed by atoms with Crippen LogP contribution in [0.1, 0.15) is 16.3 Å². The minimum Gasteiger partial charge on any atom is -0.454 e. The number of hydrogen-bond acceptors (Lipinski definition) is 7. The Labute approximate surface area is 173 Å². The molecule has 1 aromatic carbocycles. The van der Waals surface area contributed by atoms with E-state index in [9.17, 15) is 4.79 Å². The Kier molecular flexibility index (Phi) is 3.69. The maximum atomic E-state index is 13.2. The summed E-state index contributed by atoms with van der Waals surface area (Å²) in [6, 6.07) is 7.58. The van der Waals surface area contributed by atoms with Gasteiger partial charge in [0, 0.05) is 30.7 Å². The van der Waals surface area contributed by atoms with Crippen molar-refractivity contribution in [3.8, 4) is 11.5 Å². The molecular formula is C20H16N6O3S. The number of thiazole rings is 1. The molecule has 0 radical (unpaired) electrons. The second-order valence-electron chi connectivity index (χ2n) is 7.14. The molecule has 0 spiro atoms. The zero-order chi connectivity index (χ0) is 20.2. The van der Waals surface area contributed by atoms with Gasteiger partial charge in [-0.25, -0.2) is 9.67 Å². The van der Waals surface area contributed by atoms with E-state index >= 15 is 0 Å². The van der Waals surface area contributed by atoms with Gasteiger partial charge in [-0.2, -0.15) is 10.2 Å². The second-order valence-corrected chi connectivity index (χ2v) is 8.22. The highest BCUT2D eigenvalue weighted by Gasteiger charge is 2.19. The number of H-pyrrole nitrogens is 1. The minimum atomic E-state index is -0.145. The molecule has 0 aliphatic carbocycles. The molecule has 6 rings (SSSR count). The van der Waals surface area contributed by atoms with E-state index in [1.807, 2.05) is 35.9 Å². The number of nitrogens with zero attached hydrogens (tertiary/aromatic N) is 5. The van der Waals surface area contributed by atoms with Crippen LogP contribution in [0.2, 0.25) is 0 Å². The molecule has 4 aromatic heterocycles. The highest BCUT2D eigenvalue weighted by atomic mass is 32.1. The van der Waals surface area contributed by atoms with E-state index in [0.29, 0.717) is 30.0 Å². The third kappa shape index (κ3) is 2.61. The lowest BCUT2D eigenvalue weighted by Gasteiger charge is -2.06. The SMILES string of the molecule is Cn1c2nc(Cc3ccn[nH]3)sc2c2cnn(Cc3ccc4c(c3)OCO4)c(=O)c21. The molecule has 1 aliphatic heterocycles. The van der Waals surface area contributed by atoms with Gasteiger partial charge in [0.25, 0.3) is 5.56 Å². The summed E-state index contributed by atoms with van der Waals surface area (Å²) in [7, 11) is 1.87. The van der Waals surface area contributed by atoms with Crippen LogP contribution in [0.3, 0.4) is 0 Å². The van der Waals surface area contributed by atoms with Crippen molar-refractivity contribution in [1.29, 1.82) is 0 Å². The summed E-state index contributed by atoms with van der Waals surface area (Å²) >= 11 is 1.58. The first-order chi connectivity index (χ1) is 14.7. The molecule has 0 bridgehead atoms. The van der Waals surface area contributed by atoms with Crippen molar-refractivity contribution in [1.82, 2.24) is 29.5 Å². The van der Waals surface area contributed by atoms with Crippen molar-refractivity contribution in [3.63, 3.8) is 0 Å². The maximum absolute atomic E-state index is 13.2. The Balaban J connectivity index is 1.40. The molecule has 150 valence electrons. The van der Waals surface area contributed by atoms with Crippen LogP contribution in [0.15, 0.2) is 41.5 Å². The maximum Gasteiger partial charge on any atom is 0.291 e. The van der Waals surface area contributed by atoms with E-state index in [-0.39, 0.29) is 12.4 Å². The molecule has 5 aromatic rings. The van der Waals surface area contributed by atoms with Crippen molar-refractivity contribution in [2.45, 2.75) is 13.0 Å². The number of ether oxygens (including phenoxy) is 2. The summed E-state index contributed by atoms with van der Waals surface area (Å²) in [5.41, 5.74) is 3.18. The first kappa shape index (κ1) is 17.2. The van der Waals surface area contributed by atoms with Gasteiger partial charge in [-0.05, 0) is 23.8 Å². The second kappa shape index (κ2) is 6.42. The molecule has 0 unspecified atom stereocenters. The fourth-order valence-corrected chi connectivity index (χ4v) is 4.91. The van der Waals surface area contributed by atoms with E-state index in [4.69, 9.17) is 14.5 Å². The van der Waals surface area contributed by atoms with Gasteiger partial charge < -0.3 is 14.0 Å². The fraction of sp³-hybridized carbons (Fsp3) is 0.200. The van der Waals surface area contributed by atoms with Crippen molar-refractivity contribution in [2.24, 2.45) is 7.05 Å². The number of hydrogen-bond donors (Lipinski definition) is 1. The van der Waals surface area contributed by atoms with Crippen molar-refractivity contribution in [3.05, 3.63) is 63.3 Å². The molecule has 9 nitrogen and oxygen atoms in total. The molecule has 0 saturated carbocycles. The molecular weight excluding hydrogens is 404 g/mol. The van der Waals surface area contributed by atoms with Crippen molar-refractivity contribution in [2.75, 3.05) is 6.79 Å². The molecule has 0 saturated heterocycles. The van der Waals surface area contributed by atoms with Gasteiger partial charge in [0.05, 0.1) is 17.4 Å². The third-order valence-electron chi connectivity index (χ3n) is 5.24. The Morgan fingerprint density at radius 3 is 3.00 bits per heavy atom. The molecule has 0 atom stereocenters. The molecule has 10 heteroatoms. The topological polar surface area (TPSA) is 99.8 Å². The summed E-state index contributed by atoms with van der Waals surface area (Å²) < 4.78 is 15.1. The lowest BCUT2D eigenvalue weighted by Crippen LogP contribution is -2.24. The smallest absolute Gasteiger partial charge is 0.291 e. The van der Waals surface area contributed by atoms with Crippen LogP contribution < -0.4 is 15.0 Å². The van der Waals surface area contributed by atoms with Gasteiger partial charge in [-0.3, -0.25) is 9.89 Å². The highest BCUT2D eigenvalue weighted by Crippen LogP contribution is 2.33. The number of aryl methyl sites for hydroxylation is 1. The Bertz CT molecular complexity index is 1460. The summed E-state index contributed by atoms with van der Waals surface area (Å²) in [6.45, 7) is 0.571. The molecule has 1 aliphatic rings. The normalized spacial score (nSPS) is 13.0. The van der Waals surface area contributed by atoms with Crippen molar-refractivity contribution < 1.29 is 9.47 Å². The zero-order valence-electron chi connectivity index (χ0n) is 16.0. The predicted molar refractivity (Wildman–Crippen MR) is 111 cm³/mol. The predicted octanol–water partition coefficient (Wildman–Crippen LogP) is 2.44. The molecule has 5 heterocycles. The summed E-state index contributed by atoms with van der Waals surface area (Å²) in [5, 5.41) is 13.2. The monoisotopic (exact) mass is 420 g/mol. The van der Waals surface area contributed by atoms with E-state index in [1.54, 1.807) is 23.7 Å². The number of nitrogens with one attached hydrogen (secondary N) is 1. The zero-order valence-corrected chi connectivity index (χ0v) is 16.8. The van der Waals surface area contributed by atoms with E-state index in [2.05, 4.69) is 15.3 Å². The number of rotatable bonds is 4. The van der Waals surface area contributed by atoms with Gasteiger partial charge in [-0.1, -0.05) is 6.07 Å². The lowest BCUT2D eigenvalue weighted by molar-refractivity contribution is 0.174. The average molecular weight is 420 g/mol. The number of aromatic amines is 1. The summed E-state index contributed by atoms with van der Waals surface area (Å²) in [5.74, 6) is 1.41. The molecule has 1 N–H and O–H groups in total. The van der Waals surface area contributed by atoms with E-state index in [1.165, 1.54) is 4.68 Å². The Morgan fingerprint density at radius 1 is 1.23 bits per heavy atom. The number of aromatic nitrogens is 6. The van der Waals surface area contributed by atoms with Gasteiger partial charge in [-0.15, -0.1) is 11.3 Å². The van der Waals surface area contributed by atoms with Gasteiger partial charge in [0.2, 0.25) is 6.79 Å². The van der Waals surface area contributed by atoms with Crippen molar-refractivity contribution >= 4 is 32.6 Å². The Hall–Kier alpha value is -3.66. The third-order valence-corrected chi connectivity index (χ3v) is 6.32. The first-order valence-electron chi connectivity index (χ1n) is 9.38. The van der Waals surface area contributed by atoms with Crippen LogP contribution in [-0.4, -0.2) is 36.3 Å². The summed E-state index contributed by atoms with van der Waals surface area (Å²) in [4.78, 5) is 17.9. The van der Waals surface area contributed by atoms with Gasteiger partial charge in [0.1, 0.15) is 10.5 Å². The van der Waals surface area contributed by atoms with Crippen LogP contribution in [0, 0.1) is 0 Å². The number of benzene rings is 1. The van der Waals surface area contributed by atoms with Gasteiger partial charge in [0.15, 0.2) is 17.1 Å². The summed E-state index contributed by atoms with van der Waals surface area (Å²) in [6.07, 6.45) is 4.16. The standard InChI is InChI=1S/C20H16N6O3S/c1-25-17-13(18-19(25)23-16(30-18)7-12-4-5-21-24-12)8-22-26(20(17)27)9-11-2-3-14-15(6-11)29-10-28-14/h2-6,8H,7,9-10H2,1H3,(H,21,24). The van der Waals surface area contributed by atoms with Crippen LogP contribution >= 0.6 is 11.3 Å². The first-order valence-corrected chi connectivity index (χ1v) is 10.2. The highest BCUT2D eigenvalue weighted by molar-refractivity contribution is 7.19. The molecule has 30 heavy (non-hydrogen) atoms. The fourth-order valence-electron chi connectivity index (χ4n) is 3.78. The molecule has 0 fully saturated rings. The van der Waals surface area contributed by atoms with Crippen LogP contribution in [0.25, 0.3) is 21.3 Å². The van der Waals surface area contributed by atoms with Crippen LogP contribution in [0.5, 0.6) is 11.5 Å². The molecule has 0 amide bonds. The van der Waals surface area contributed by atoms with E-state index in [0.717, 1.165) is 32.0 Å². The lowest BCUT2D eigenvalue weighted by atomic mass is 10.2. The Morgan fingerprint density at radius 2 is 2.13 bits per heavy atom. The quantitative estimate of drug-likeness (QED) is 0.479. The van der Waals surface area contributed by atoms with E-state index < -0.39 is 0 Å². The van der Waals surface area contributed by atoms with Gasteiger partial charge >= 0.3 is 0 Å².